The zero-order valence-electron chi connectivity index (χ0n) is 13.3. The molecular weight excluding hydrogens is 326 g/mol. The standard InChI is InChI=1S/C14H23NO9/c1-2-3-8(16)15-11-13(21)12(20)7(24-14(11)22)6-23-10(19)5-4-9(17)18/h7,11-14,20-22H,2-6H2,1H3,(H,15,16)(H,17,18)/t7-,11-,12-,13-,14?/m1/s1. The average Bonchev–Trinajstić information content (AvgIpc) is 2.52. The lowest BCUT2D eigenvalue weighted by Gasteiger charge is -2.40. The molecule has 138 valence electrons. The predicted octanol–water partition coefficient (Wildman–Crippen LogP) is -1.88. The topological polar surface area (TPSA) is 163 Å². The molecule has 1 unspecified atom stereocenters. The molecule has 1 heterocycles. The maximum atomic E-state index is 11.5. The van der Waals surface area contributed by atoms with E-state index in [2.05, 4.69) is 5.32 Å². The first-order chi connectivity index (χ1) is 11.3. The highest BCUT2D eigenvalue weighted by Crippen LogP contribution is 2.20. The fourth-order valence-corrected chi connectivity index (χ4v) is 2.18. The molecule has 1 saturated heterocycles. The third-order valence-corrected chi connectivity index (χ3v) is 3.48. The number of rotatable bonds is 8. The Bertz CT molecular complexity index is 456. The van der Waals surface area contributed by atoms with Gasteiger partial charge in [-0.15, -0.1) is 0 Å². The van der Waals surface area contributed by atoms with Gasteiger partial charge in [-0.2, -0.15) is 0 Å². The van der Waals surface area contributed by atoms with E-state index >= 15 is 0 Å². The number of carbonyl (C=O) groups excluding carboxylic acids is 2. The highest BCUT2D eigenvalue weighted by Gasteiger charge is 2.44. The van der Waals surface area contributed by atoms with E-state index in [0.717, 1.165) is 0 Å². The van der Waals surface area contributed by atoms with Crippen LogP contribution in [-0.2, 0) is 23.9 Å². The molecular formula is C14H23NO9. The first kappa shape index (κ1) is 20.3. The molecule has 24 heavy (non-hydrogen) atoms. The summed E-state index contributed by atoms with van der Waals surface area (Å²) in [6.07, 6.45) is -5.80. The Kier molecular flexibility index (Phi) is 8.05. The van der Waals surface area contributed by atoms with Gasteiger partial charge >= 0.3 is 11.9 Å². The minimum atomic E-state index is -1.59. The molecule has 0 aromatic rings. The normalized spacial score (nSPS) is 29.8. The molecule has 0 aliphatic carbocycles. The number of carboxylic acids is 1. The van der Waals surface area contributed by atoms with Gasteiger partial charge in [0.15, 0.2) is 6.29 Å². The Morgan fingerprint density at radius 2 is 1.75 bits per heavy atom. The molecule has 0 bridgehead atoms. The van der Waals surface area contributed by atoms with Crippen molar-refractivity contribution in [3.63, 3.8) is 0 Å². The highest BCUT2D eigenvalue weighted by atomic mass is 16.6. The first-order valence-corrected chi connectivity index (χ1v) is 7.62. The van der Waals surface area contributed by atoms with Gasteiger partial charge in [-0.05, 0) is 6.42 Å². The van der Waals surface area contributed by atoms with Crippen molar-refractivity contribution in [1.29, 1.82) is 0 Å². The van der Waals surface area contributed by atoms with Crippen LogP contribution in [0.4, 0.5) is 0 Å². The van der Waals surface area contributed by atoms with Crippen LogP contribution in [0.15, 0.2) is 0 Å². The van der Waals surface area contributed by atoms with E-state index in [4.69, 9.17) is 14.6 Å². The highest BCUT2D eigenvalue weighted by molar-refractivity contribution is 5.76. The molecule has 1 amide bonds. The Labute approximate surface area is 138 Å². The third-order valence-electron chi connectivity index (χ3n) is 3.48. The molecule has 10 nitrogen and oxygen atoms in total. The van der Waals surface area contributed by atoms with Crippen molar-refractivity contribution in [2.24, 2.45) is 0 Å². The minimum Gasteiger partial charge on any atom is -0.481 e. The molecule has 5 N–H and O–H groups in total. The molecule has 0 spiro atoms. The van der Waals surface area contributed by atoms with Crippen molar-refractivity contribution in [3.8, 4) is 0 Å². The second-order valence-electron chi connectivity index (χ2n) is 5.47. The van der Waals surface area contributed by atoms with Gasteiger partial charge in [0, 0.05) is 6.42 Å². The number of aliphatic hydroxyl groups is 3. The number of carbonyl (C=O) groups is 3. The number of aliphatic hydroxyl groups excluding tert-OH is 3. The van der Waals surface area contributed by atoms with Crippen LogP contribution in [0, 0.1) is 0 Å². The summed E-state index contributed by atoms with van der Waals surface area (Å²) in [5.74, 6) is -2.37. The second kappa shape index (κ2) is 9.52. The summed E-state index contributed by atoms with van der Waals surface area (Å²) in [5.41, 5.74) is 0. The Morgan fingerprint density at radius 3 is 2.33 bits per heavy atom. The van der Waals surface area contributed by atoms with Gasteiger partial charge in [0.2, 0.25) is 5.91 Å². The zero-order chi connectivity index (χ0) is 18.3. The van der Waals surface area contributed by atoms with Gasteiger partial charge in [0.05, 0.1) is 12.8 Å². The smallest absolute Gasteiger partial charge is 0.306 e. The van der Waals surface area contributed by atoms with E-state index in [0.29, 0.717) is 6.42 Å². The summed E-state index contributed by atoms with van der Waals surface area (Å²) in [6.45, 7) is 1.32. The molecule has 1 aliphatic rings. The predicted molar refractivity (Wildman–Crippen MR) is 77.6 cm³/mol. The summed E-state index contributed by atoms with van der Waals surface area (Å²) in [4.78, 5) is 33.2. The van der Waals surface area contributed by atoms with E-state index < -0.39 is 61.5 Å². The minimum absolute atomic E-state index is 0.191. The van der Waals surface area contributed by atoms with Crippen molar-refractivity contribution >= 4 is 17.8 Å². The van der Waals surface area contributed by atoms with Crippen LogP contribution >= 0.6 is 0 Å². The van der Waals surface area contributed by atoms with Gasteiger partial charge in [0.1, 0.15) is 31.0 Å². The summed E-state index contributed by atoms with van der Waals surface area (Å²) in [6, 6.07) is -1.21. The number of carboxylic acid groups (broad SMARTS) is 1. The third kappa shape index (κ3) is 6.04. The lowest BCUT2D eigenvalue weighted by Crippen LogP contribution is -2.64. The van der Waals surface area contributed by atoms with Crippen LogP contribution in [0.25, 0.3) is 0 Å². The lowest BCUT2D eigenvalue weighted by molar-refractivity contribution is -0.255. The van der Waals surface area contributed by atoms with Crippen LogP contribution < -0.4 is 5.32 Å². The van der Waals surface area contributed by atoms with E-state index in [9.17, 15) is 29.7 Å². The number of amides is 1. The molecule has 1 aliphatic heterocycles. The van der Waals surface area contributed by atoms with Crippen molar-refractivity contribution in [1.82, 2.24) is 5.32 Å². The summed E-state index contributed by atoms with van der Waals surface area (Å²) < 4.78 is 9.83. The van der Waals surface area contributed by atoms with Crippen molar-refractivity contribution < 1.29 is 44.3 Å². The SMILES string of the molecule is CCCC(=O)N[C@H]1C(O)O[C@H](COC(=O)CCC(=O)O)[C@@H](O)[C@@H]1O. The number of ether oxygens (including phenoxy) is 2. The summed E-state index contributed by atoms with van der Waals surface area (Å²) >= 11 is 0. The van der Waals surface area contributed by atoms with Crippen LogP contribution in [0.1, 0.15) is 32.6 Å². The lowest BCUT2D eigenvalue weighted by atomic mass is 9.97. The molecule has 0 aromatic carbocycles. The number of nitrogens with one attached hydrogen (secondary N) is 1. The van der Waals surface area contributed by atoms with Gasteiger partial charge in [-0.3, -0.25) is 14.4 Å². The van der Waals surface area contributed by atoms with Crippen LogP contribution in [0.2, 0.25) is 0 Å². The fourth-order valence-electron chi connectivity index (χ4n) is 2.18. The van der Waals surface area contributed by atoms with Crippen LogP contribution in [0.3, 0.4) is 0 Å². The van der Waals surface area contributed by atoms with E-state index in [-0.39, 0.29) is 12.8 Å². The van der Waals surface area contributed by atoms with Crippen LogP contribution in [0.5, 0.6) is 0 Å². The average molecular weight is 349 g/mol. The Hall–Kier alpha value is -1.75. The number of hydrogen-bond donors (Lipinski definition) is 5. The summed E-state index contributed by atoms with van der Waals surface area (Å²) in [7, 11) is 0. The molecule has 1 rings (SSSR count). The zero-order valence-corrected chi connectivity index (χ0v) is 13.3. The van der Waals surface area contributed by atoms with Gasteiger partial charge in [-0.25, -0.2) is 0 Å². The molecule has 0 radical (unpaired) electrons. The van der Waals surface area contributed by atoms with Crippen LogP contribution in [-0.4, -0.2) is 75.5 Å². The van der Waals surface area contributed by atoms with Gasteiger partial charge in [0.25, 0.3) is 0 Å². The van der Waals surface area contributed by atoms with Crippen molar-refractivity contribution in [3.05, 3.63) is 0 Å². The first-order valence-electron chi connectivity index (χ1n) is 7.62. The van der Waals surface area contributed by atoms with Gasteiger partial charge in [-0.1, -0.05) is 6.92 Å². The van der Waals surface area contributed by atoms with E-state index in [1.54, 1.807) is 6.92 Å². The molecule has 0 saturated carbocycles. The largest absolute Gasteiger partial charge is 0.481 e. The van der Waals surface area contributed by atoms with Crippen molar-refractivity contribution in [2.45, 2.75) is 63.3 Å². The van der Waals surface area contributed by atoms with E-state index in [1.165, 1.54) is 0 Å². The molecule has 1 fully saturated rings. The Morgan fingerprint density at radius 1 is 1.08 bits per heavy atom. The fraction of sp³-hybridized carbons (Fsp3) is 0.786. The molecule has 0 aromatic heterocycles. The van der Waals surface area contributed by atoms with E-state index in [1.807, 2.05) is 0 Å². The number of aliphatic carboxylic acids is 1. The number of hydrogen-bond acceptors (Lipinski definition) is 8. The summed E-state index contributed by atoms with van der Waals surface area (Å²) in [5, 5.41) is 40.7. The quantitative estimate of drug-likeness (QED) is 0.315. The Balaban J connectivity index is 2.52. The second-order valence-corrected chi connectivity index (χ2v) is 5.47. The maximum absolute atomic E-state index is 11.5. The molecule has 5 atom stereocenters. The molecule has 10 heteroatoms. The maximum Gasteiger partial charge on any atom is 0.306 e. The van der Waals surface area contributed by atoms with Gasteiger partial charge < -0.3 is 35.2 Å². The monoisotopic (exact) mass is 349 g/mol. The number of esters is 1. The van der Waals surface area contributed by atoms with Crippen molar-refractivity contribution in [2.75, 3.05) is 6.61 Å².